The molecule has 0 fully saturated rings. The number of ether oxygens (including phenoxy) is 1. The van der Waals surface area contributed by atoms with Crippen molar-refractivity contribution in [3.63, 3.8) is 0 Å². The molecule has 2 aromatic rings. The van der Waals surface area contributed by atoms with Crippen molar-refractivity contribution in [3.8, 4) is 12.1 Å². The Morgan fingerprint density at radius 1 is 1.29 bits per heavy atom. The number of hydrogen-bond donors (Lipinski definition) is 0. The van der Waals surface area contributed by atoms with Gasteiger partial charge in [0, 0.05) is 20.3 Å². The molecule has 0 radical (unpaired) electrons. The molecule has 0 aliphatic rings. The summed E-state index contributed by atoms with van der Waals surface area (Å²) in [6.07, 6.45) is 2.42. The van der Waals surface area contributed by atoms with Gasteiger partial charge in [0.2, 0.25) is 0 Å². The van der Waals surface area contributed by atoms with Crippen LogP contribution < -0.4 is 14.8 Å². The molecule has 0 atom stereocenters. The predicted octanol–water partition coefficient (Wildman–Crippen LogP) is 1.28. The monoisotopic (exact) mass is 339 g/mol. The number of aryl methyl sites for hydroxylation is 1. The van der Waals surface area contributed by atoms with Crippen LogP contribution in [0.2, 0.25) is 0 Å². The van der Waals surface area contributed by atoms with E-state index >= 15 is 0 Å². The van der Waals surface area contributed by atoms with Gasteiger partial charge in [0.1, 0.15) is 16.8 Å². The lowest BCUT2D eigenvalue weighted by atomic mass is 10.1. The fraction of sp³-hybridized carbons (Fsp3) is 0.278. The van der Waals surface area contributed by atoms with Gasteiger partial charge < -0.3 is 4.74 Å². The minimum Gasteiger partial charge on any atom is -0.385 e. The maximum Gasteiger partial charge on any atom is 0.269 e. The summed E-state index contributed by atoms with van der Waals surface area (Å²) in [5.41, 5.74) is 1.82. The molecule has 0 spiro atoms. The number of nitriles is 2. The molecule has 0 bridgehead atoms. The van der Waals surface area contributed by atoms with Gasteiger partial charge in [-0.25, -0.2) is 0 Å². The van der Waals surface area contributed by atoms with Gasteiger partial charge in [-0.1, -0.05) is 29.8 Å². The van der Waals surface area contributed by atoms with E-state index in [9.17, 15) is 4.79 Å². The summed E-state index contributed by atoms with van der Waals surface area (Å²) in [6, 6.07) is 11.6. The molecule has 24 heavy (non-hydrogen) atoms. The SMILES string of the molecule is COCCCn1c(=C(C#N)C#N)sc(=Cc2ccc(C)cc2)c1=O. The zero-order valence-corrected chi connectivity index (χ0v) is 14.4. The molecule has 0 unspecified atom stereocenters. The van der Waals surface area contributed by atoms with Gasteiger partial charge in [-0.05, 0) is 25.0 Å². The van der Waals surface area contributed by atoms with Crippen LogP contribution in [0.1, 0.15) is 17.5 Å². The molecule has 6 heteroatoms. The normalized spacial score (nSPS) is 11.1. The van der Waals surface area contributed by atoms with Gasteiger partial charge >= 0.3 is 0 Å². The summed E-state index contributed by atoms with van der Waals surface area (Å²) in [7, 11) is 1.59. The molecule has 0 aliphatic heterocycles. The molecule has 0 saturated heterocycles. The average molecular weight is 339 g/mol. The van der Waals surface area contributed by atoms with Crippen molar-refractivity contribution in [2.75, 3.05) is 13.7 Å². The van der Waals surface area contributed by atoms with Crippen LogP contribution in [-0.4, -0.2) is 18.3 Å². The Kier molecular flexibility index (Phi) is 6.08. The van der Waals surface area contributed by atoms with Crippen molar-refractivity contribution < 1.29 is 4.74 Å². The first kappa shape index (κ1) is 17.7. The van der Waals surface area contributed by atoms with E-state index in [2.05, 4.69) is 0 Å². The van der Waals surface area contributed by atoms with Crippen LogP contribution in [0, 0.1) is 29.6 Å². The Balaban J connectivity index is 2.64. The number of aromatic nitrogens is 1. The first-order chi connectivity index (χ1) is 11.6. The molecular weight excluding hydrogens is 322 g/mol. The van der Waals surface area contributed by atoms with E-state index in [1.165, 1.54) is 15.9 Å². The minimum absolute atomic E-state index is 0.0435. The van der Waals surface area contributed by atoms with Crippen LogP contribution in [0.25, 0.3) is 11.6 Å². The Morgan fingerprint density at radius 3 is 2.54 bits per heavy atom. The van der Waals surface area contributed by atoms with Crippen molar-refractivity contribution >= 4 is 23.0 Å². The summed E-state index contributed by atoms with van der Waals surface area (Å²) < 4.78 is 7.42. The maximum absolute atomic E-state index is 12.7. The highest BCUT2D eigenvalue weighted by atomic mass is 32.1. The lowest BCUT2D eigenvalue weighted by molar-refractivity contribution is 0.190. The molecule has 0 saturated carbocycles. The second-order valence-corrected chi connectivity index (χ2v) is 6.26. The fourth-order valence-corrected chi connectivity index (χ4v) is 3.29. The Labute approximate surface area is 144 Å². The van der Waals surface area contributed by atoms with E-state index in [1.54, 1.807) is 13.2 Å². The molecule has 0 N–H and O–H groups in total. The lowest BCUT2D eigenvalue weighted by Gasteiger charge is -2.01. The van der Waals surface area contributed by atoms with Gasteiger partial charge in [0.05, 0.1) is 4.53 Å². The second kappa shape index (κ2) is 8.26. The molecule has 0 aliphatic carbocycles. The first-order valence-corrected chi connectivity index (χ1v) is 8.24. The smallest absolute Gasteiger partial charge is 0.269 e. The molecule has 1 heterocycles. The average Bonchev–Trinajstić information content (AvgIpc) is 2.88. The number of nitrogens with zero attached hydrogens (tertiary/aromatic N) is 3. The zero-order valence-electron chi connectivity index (χ0n) is 13.6. The Hall–Kier alpha value is -2.67. The zero-order chi connectivity index (χ0) is 17.5. The van der Waals surface area contributed by atoms with Crippen LogP contribution in [-0.2, 0) is 11.3 Å². The van der Waals surface area contributed by atoms with Crippen LogP contribution in [0.15, 0.2) is 29.1 Å². The van der Waals surface area contributed by atoms with Gasteiger partial charge in [-0.3, -0.25) is 9.36 Å². The van der Waals surface area contributed by atoms with E-state index < -0.39 is 0 Å². The molecule has 0 amide bonds. The quantitative estimate of drug-likeness (QED) is 0.769. The Bertz CT molecular complexity index is 954. The first-order valence-electron chi connectivity index (χ1n) is 7.42. The summed E-state index contributed by atoms with van der Waals surface area (Å²) in [6.45, 7) is 2.91. The molecular formula is C18H17N3O2S. The Morgan fingerprint density at radius 2 is 1.96 bits per heavy atom. The van der Waals surface area contributed by atoms with Crippen LogP contribution >= 0.6 is 11.3 Å². The third-order valence-electron chi connectivity index (χ3n) is 3.45. The summed E-state index contributed by atoms with van der Waals surface area (Å²) >= 11 is 1.17. The number of rotatable bonds is 5. The largest absolute Gasteiger partial charge is 0.385 e. The highest BCUT2D eigenvalue weighted by Gasteiger charge is 2.09. The van der Waals surface area contributed by atoms with E-state index in [-0.39, 0.29) is 11.1 Å². The van der Waals surface area contributed by atoms with Crippen LogP contribution in [0.5, 0.6) is 0 Å². The molecule has 1 aromatic heterocycles. The topological polar surface area (TPSA) is 78.8 Å². The van der Waals surface area contributed by atoms with Crippen molar-refractivity contribution in [2.24, 2.45) is 0 Å². The highest BCUT2D eigenvalue weighted by molar-refractivity contribution is 7.07. The van der Waals surface area contributed by atoms with Crippen molar-refractivity contribution in [1.82, 2.24) is 4.57 Å². The number of methoxy groups -OCH3 is 1. The van der Waals surface area contributed by atoms with Crippen molar-refractivity contribution in [3.05, 3.63) is 54.9 Å². The van der Waals surface area contributed by atoms with E-state index in [0.717, 1.165) is 11.1 Å². The van der Waals surface area contributed by atoms with Gasteiger partial charge in [-0.2, -0.15) is 10.5 Å². The fourth-order valence-electron chi connectivity index (χ4n) is 2.21. The van der Waals surface area contributed by atoms with Crippen molar-refractivity contribution in [2.45, 2.75) is 19.9 Å². The molecule has 2 rings (SSSR count). The minimum atomic E-state index is -0.185. The van der Waals surface area contributed by atoms with Gasteiger partial charge in [0.25, 0.3) is 5.56 Å². The second-order valence-electron chi connectivity index (χ2n) is 5.23. The molecule has 1 aromatic carbocycles. The highest BCUT2D eigenvalue weighted by Crippen LogP contribution is 2.03. The molecule has 122 valence electrons. The van der Waals surface area contributed by atoms with Gasteiger partial charge in [-0.15, -0.1) is 11.3 Å². The van der Waals surface area contributed by atoms with Crippen LogP contribution in [0.4, 0.5) is 0 Å². The lowest BCUT2D eigenvalue weighted by Crippen LogP contribution is -2.32. The molecule has 5 nitrogen and oxygen atoms in total. The van der Waals surface area contributed by atoms with E-state index in [4.69, 9.17) is 15.3 Å². The number of hydrogen-bond acceptors (Lipinski definition) is 5. The van der Waals surface area contributed by atoms with Gasteiger partial charge in [0.15, 0.2) is 5.57 Å². The standard InChI is InChI=1S/C18H17N3O2S/c1-13-4-6-14(7-5-13)10-16-17(22)21(8-3-9-23-2)18(24-16)15(11-19)12-20/h4-7,10H,3,8-9H2,1-2H3. The van der Waals surface area contributed by atoms with E-state index in [1.807, 2.05) is 43.3 Å². The van der Waals surface area contributed by atoms with Crippen molar-refractivity contribution in [1.29, 1.82) is 10.5 Å². The number of thiazole rings is 1. The predicted molar refractivity (Wildman–Crippen MR) is 93.7 cm³/mol. The third kappa shape index (κ3) is 3.99. The third-order valence-corrected chi connectivity index (χ3v) is 4.58. The van der Waals surface area contributed by atoms with Crippen LogP contribution in [0.3, 0.4) is 0 Å². The number of benzene rings is 1. The summed E-state index contributed by atoms with van der Waals surface area (Å²) in [5, 5.41) is 18.3. The summed E-state index contributed by atoms with van der Waals surface area (Å²) in [4.78, 5) is 12.7. The van der Waals surface area contributed by atoms with E-state index in [0.29, 0.717) is 28.8 Å². The maximum atomic E-state index is 12.7. The summed E-state index contributed by atoms with van der Waals surface area (Å²) in [5.74, 6) is 0.